The van der Waals surface area contributed by atoms with Crippen molar-refractivity contribution in [2.24, 2.45) is 0 Å². The third-order valence-electron chi connectivity index (χ3n) is 2.11. The van der Waals surface area contributed by atoms with Crippen LogP contribution in [0, 0.1) is 0 Å². The molecule has 7 heteroatoms. The first kappa shape index (κ1) is 11.5. The molecule has 1 heterocycles. The van der Waals surface area contributed by atoms with E-state index in [1.165, 1.54) is 17.0 Å². The summed E-state index contributed by atoms with van der Waals surface area (Å²) in [7, 11) is 0. The molecule has 0 bridgehead atoms. The Kier molecular flexibility index (Phi) is 2.75. The van der Waals surface area contributed by atoms with Crippen LogP contribution in [0.2, 0.25) is 0 Å². The molecule has 2 rings (SSSR count). The zero-order valence-corrected chi connectivity index (χ0v) is 9.18. The lowest BCUT2D eigenvalue weighted by Crippen LogP contribution is -2.05. The fourth-order valence-corrected chi connectivity index (χ4v) is 1.67. The third-order valence-corrected chi connectivity index (χ3v) is 2.53. The lowest BCUT2D eigenvalue weighted by atomic mass is 10.2. The lowest BCUT2D eigenvalue weighted by Gasteiger charge is -2.08. The Morgan fingerprint density at radius 2 is 1.94 bits per heavy atom. The molecular weight excluding hydrogens is 264 g/mol. The van der Waals surface area contributed by atoms with E-state index in [9.17, 15) is 13.2 Å². The molecule has 0 saturated heterocycles. The normalized spacial score (nSPS) is 12.6. The Labute approximate surface area is 98.6 Å². The van der Waals surface area contributed by atoms with E-state index < -0.39 is 16.7 Å². The maximum atomic E-state index is 12.5. The molecule has 0 amide bonds. The van der Waals surface area contributed by atoms with E-state index in [4.69, 9.17) is 23.2 Å². The SMILES string of the molecule is FC(F)(F)c1ccc2ncn(C(Cl)Cl)c2c1. The van der Waals surface area contributed by atoms with Crippen LogP contribution in [0.15, 0.2) is 24.5 Å². The maximum Gasteiger partial charge on any atom is 0.416 e. The van der Waals surface area contributed by atoms with E-state index in [0.29, 0.717) is 5.52 Å². The highest BCUT2D eigenvalue weighted by Gasteiger charge is 2.31. The maximum absolute atomic E-state index is 12.5. The molecule has 0 aliphatic rings. The molecule has 16 heavy (non-hydrogen) atoms. The van der Waals surface area contributed by atoms with Gasteiger partial charge in [0.1, 0.15) is 0 Å². The first-order valence-electron chi connectivity index (χ1n) is 4.21. The molecular formula is C9H5Cl2F3N2. The molecule has 0 atom stereocenters. The van der Waals surface area contributed by atoms with Crippen molar-refractivity contribution in [3.05, 3.63) is 30.1 Å². The summed E-state index contributed by atoms with van der Waals surface area (Å²) in [5, 5.41) is 0. The summed E-state index contributed by atoms with van der Waals surface area (Å²) in [4.78, 5) is 2.93. The first-order chi connectivity index (χ1) is 7.39. The number of rotatable bonds is 1. The van der Waals surface area contributed by atoms with Crippen molar-refractivity contribution in [1.82, 2.24) is 9.55 Å². The van der Waals surface area contributed by atoms with Crippen LogP contribution in [0.4, 0.5) is 13.2 Å². The van der Waals surface area contributed by atoms with Gasteiger partial charge in [-0.15, -0.1) is 0 Å². The van der Waals surface area contributed by atoms with Crippen LogP contribution in [-0.2, 0) is 6.18 Å². The molecule has 1 aromatic carbocycles. The quantitative estimate of drug-likeness (QED) is 0.716. The van der Waals surface area contributed by atoms with Crippen molar-refractivity contribution in [1.29, 1.82) is 0 Å². The Morgan fingerprint density at radius 1 is 1.25 bits per heavy atom. The van der Waals surface area contributed by atoms with Gasteiger partial charge in [-0.1, -0.05) is 23.2 Å². The smallest absolute Gasteiger partial charge is 0.300 e. The second-order valence-electron chi connectivity index (χ2n) is 3.13. The fourth-order valence-electron chi connectivity index (χ4n) is 1.36. The summed E-state index contributed by atoms with van der Waals surface area (Å²) in [5.41, 5.74) is -0.0835. The number of benzene rings is 1. The van der Waals surface area contributed by atoms with Gasteiger partial charge in [0, 0.05) is 0 Å². The van der Waals surface area contributed by atoms with E-state index in [2.05, 4.69) is 4.98 Å². The summed E-state index contributed by atoms with van der Waals surface area (Å²) < 4.78 is 38.6. The summed E-state index contributed by atoms with van der Waals surface area (Å²) in [6.45, 7) is 0. The molecule has 0 fully saturated rings. The minimum absolute atomic E-state index is 0.254. The van der Waals surface area contributed by atoms with Gasteiger partial charge in [0.2, 0.25) is 0 Å². The monoisotopic (exact) mass is 268 g/mol. The molecule has 1 aromatic heterocycles. The fraction of sp³-hybridized carbons (Fsp3) is 0.222. The van der Waals surface area contributed by atoms with E-state index in [0.717, 1.165) is 12.1 Å². The molecule has 0 N–H and O–H groups in total. The molecule has 0 unspecified atom stereocenters. The molecule has 0 aliphatic carbocycles. The summed E-state index contributed by atoms with van der Waals surface area (Å²) in [5.74, 6) is 0. The number of alkyl halides is 5. The minimum Gasteiger partial charge on any atom is -0.300 e. The Balaban J connectivity index is 2.63. The van der Waals surface area contributed by atoms with Crippen LogP contribution < -0.4 is 0 Å². The van der Waals surface area contributed by atoms with Gasteiger partial charge in [-0.05, 0) is 18.2 Å². The predicted octanol–water partition coefficient (Wildman–Crippen LogP) is 3.99. The zero-order chi connectivity index (χ0) is 11.9. The van der Waals surface area contributed by atoms with Crippen molar-refractivity contribution in [2.45, 2.75) is 11.1 Å². The average molecular weight is 269 g/mol. The van der Waals surface area contributed by atoms with E-state index in [1.54, 1.807) is 0 Å². The second-order valence-corrected chi connectivity index (χ2v) is 4.18. The van der Waals surface area contributed by atoms with Crippen molar-refractivity contribution >= 4 is 34.2 Å². The first-order valence-corrected chi connectivity index (χ1v) is 5.09. The van der Waals surface area contributed by atoms with Gasteiger partial charge in [-0.2, -0.15) is 13.2 Å². The van der Waals surface area contributed by atoms with Gasteiger partial charge in [0.15, 0.2) is 4.96 Å². The van der Waals surface area contributed by atoms with Crippen LogP contribution >= 0.6 is 23.2 Å². The highest BCUT2D eigenvalue weighted by atomic mass is 35.5. The Morgan fingerprint density at radius 3 is 2.50 bits per heavy atom. The van der Waals surface area contributed by atoms with Gasteiger partial charge in [-0.25, -0.2) is 4.98 Å². The molecule has 2 aromatic rings. The summed E-state index contributed by atoms with van der Waals surface area (Å²) >= 11 is 11.2. The standard InChI is InChI=1S/C9H5Cl2F3N2/c10-8(11)16-4-15-6-2-1-5(3-7(6)16)9(12,13)14/h1-4,8H. The van der Waals surface area contributed by atoms with Crippen LogP contribution in [0.1, 0.15) is 10.5 Å². The Bertz CT molecular complexity index is 519. The largest absolute Gasteiger partial charge is 0.416 e. The summed E-state index contributed by atoms with van der Waals surface area (Å²) in [6, 6.07) is 3.22. The van der Waals surface area contributed by atoms with Crippen LogP contribution in [-0.4, -0.2) is 9.55 Å². The van der Waals surface area contributed by atoms with Crippen molar-refractivity contribution in [3.63, 3.8) is 0 Å². The predicted molar refractivity (Wildman–Crippen MR) is 55.5 cm³/mol. The summed E-state index contributed by atoms with van der Waals surface area (Å²) in [6.07, 6.45) is -3.09. The number of fused-ring (bicyclic) bond motifs is 1. The van der Waals surface area contributed by atoms with Crippen LogP contribution in [0.3, 0.4) is 0 Å². The molecule has 0 spiro atoms. The molecule has 0 saturated carbocycles. The van der Waals surface area contributed by atoms with Gasteiger partial charge >= 0.3 is 6.18 Å². The number of imidazole rings is 1. The van der Waals surface area contributed by atoms with Gasteiger partial charge in [0.05, 0.1) is 22.9 Å². The van der Waals surface area contributed by atoms with Crippen LogP contribution in [0.25, 0.3) is 11.0 Å². The van der Waals surface area contributed by atoms with Crippen molar-refractivity contribution in [2.75, 3.05) is 0 Å². The van der Waals surface area contributed by atoms with Gasteiger partial charge in [0.25, 0.3) is 0 Å². The number of hydrogen-bond acceptors (Lipinski definition) is 1. The van der Waals surface area contributed by atoms with E-state index in [1.807, 2.05) is 0 Å². The minimum atomic E-state index is -4.39. The Hall–Kier alpha value is -0.940. The van der Waals surface area contributed by atoms with Crippen molar-refractivity contribution in [3.8, 4) is 0 Å². The van der Waals surface area contributed by atoms with Gasteiger partial charge in [-0.3, -0.25) is 0 Å². The molecule has 86 valence electrons. The highest BCUT2D eigenvalue weighted by Crippen LogP contribution is 2.32. The topological polar surface area (TPSA) is 17.8 Å². The molecule has 0 aliphatic heterocycles. The van der Waals surface area contributed by atoms with E-state index in [-0.39, 0.29) is 5.52 Å². The number of hydrogen-bond donors (Lipinski definition) is 0. The number of nitrogens with zero attached hydrogens (tertiary/aromatic N) is 2. The van der Waals surface area contributed by atoms with Crippen LogP contribution in [0.5, 0.6) is 0 Å². The number of halogens is 5. The number of aromatic nitrogens is 2. The second kappa shape index (κ2) is 3.82. The van der Waals surface area contributed by atoms with Gasteiger partial charge < -0.3 is 4.57 Å². The highest BCUT2D eigenvalue weighted by molar-refractivity contribution is 6.42. The lowest BCUT2D eigenvalue weighted by molar-refractivity contribution is -0.137. The third kappa shape index (κ3) is 1.97. The zero-order valence-electron chi connectivity index (χ0n) is 7.67. The van der Waals surface area contributed by atoms with Crippen molar-refractivity contribution < 1.29 is 13.2 Å². The average Bonchev–Trinajstić information content (AvgIpc) is 2.58. The molecule has 2 nitrogen and oxygen atoms in total. The molecule has 0 radical (unpaired) electrons. The van der Waals surface area contributed by atoms with E-state index >= 15 is 0 Å².